The van der Waals surface area contributed by atoms with Crippen molar-refractivity contribution in [2.45, 2.75) is 0 Å². The summed E-state index contributed by atoms with van der Waals surface area (Å²) < 4.78 is 0. The van der Waals surface area contributed by atoms with Gasteiger partial charge < -0.3 is 5.32 Å². The molecule has 0 aliphatic heterocycles. The minimum atomic E-state index is -0.270. The van der Waals surface area contributed by atoms with Crippen LogP contribution < -0.4 is 5.32 Å². The van der Waals surface area contributed by atoms with Crippen molar-refractivity contribution in [1.29, 1.82) is 0 Å². The third-order valence-electron chi connectivity index (χ3n) is 2.02. The maximum Gasteiger partial charge on any atom is 0.274 e. The quantitative estimate of drug-likeness (QED) is 0.865. The van der Waals surface area contributed by atoms with Crippen LogP contribution in [0.2, 0.25) is 5.02 Å². The summed E-state index contributed by atoms with van der Waals surface area (Å²) in [5, 5.41) is 3.20. The second-order valence-electron chi connectivity index (χ2n) is 3.15. The first-order chi connectivity index (χ1) is 7.77. The van der Waals surface area contributed by atoms with Crippen molar-refractivity contribution >= 4 is 23.2 Å². The van der Waals surface area contributed by atoms with Gasteiger partial charge in [0.25, 0.3) is 5.91 Å². The van der Waals surface area contributed by atoms with Crippen molar-refractivity contribution in [2.24, 2.45) is 0 Å². The maximum absolute atomic E-state index is 11.7. The summed E-state index contributed by atoms with van der Waals surface area (Å²) in [6.07, 6.45) is 1.57. The number of amides is 1. The van der Waals surface area contributed by atoms with Gasteiger partial charge in [-0.15, -0.1) is 0 Å². The Morgan fingerprint density at radius 3 is 2.56 bits per heavy atom. The molecule has 0 aliphatic carbocycles. The molecule has 80 valence electrons. The Morgan fingerprint density at radius 1 is 1.12 bits per heavy atom. The Balaban J connectivity index is 2.18. The molecule has 0 spiro atoms. The molecule has 2 aromatic rings. The number of nitrogens with one attached hydrogen (secondary N) is 1. The van der Waals surface area contributed by atoms with Gasteiger partial charge in [0.05, 0.1) is 10.7 Å². The fourth-order valence-corrected chi connectivity index (χ4v) is 1.43. The molecular formula is C12H9ClN2O. The van der Waals surface area contributed by atoms with Gasteiger partial charge in [-0.3, -0.25) is 9.78 Å². The Hall–Kier alpha value is -1.87. The molecule has 0 radical (unpaired) electrons. The van der Waals surface area contributed by atoms with Crippen molar-refractivity contribution in [1.82, 2.24) is 4.98 Å². The van der Waals surface area contributed by atoms with Crippen LogP contribution in [0, 0.1) is 0 Å². The van der Waals surface area contributed by atoms with Gasteiger partial charge in [-0.25, -0.2) is 0 Å². The molecule has 0 bridgehead atoms. The number of aromatic nitrogens is 1. The lowest BCUT2D eigenvalue weighted by Gasteiger charge is -2.05. The number of halogens is 1. The van der Waals surface area contributed by atoms with Crippen molar-refractivity contribution in [3.8, 4) is 0 Å². The van der Waals surface area contributed by atoms with Gasteiger partial charge in [0.15, 0.2) is 0 Å². The fraction of sp³-hybridized carbons (Fsp3) is 0. The summed E-state index contributed by atoms with van der Waals surface area (Å²) in [6.45, 7) is 0. The number of para-hydroxylation sites is 1. The van der Waals surface area contributed by atoms with E-state index in [4.69, 9.17) is 11.6 Å². The van der Waals surface area contributed by atoms with Gasteiger partial charge in [0.1, 0.15) is 5.69 Å². The molecule has 1 amide bonds. The smallest absolute Gasteiger partial charge is 0.274 e. The molecule has 1 heterocycles. The van der Waals surface area contributed by atoms with E-state index in [0.29, 0.717) is 16.4 Å². The molecule has 3 nitrogen and oxygen atoms in total. The van der Waals surface area contributed by atoms with E-state index in [0.717, 1.165) is 0 Å². The van der Waals surface area contributed by atoms with E-state index in [2.05, 4.69) is 10.3 Å². The SMILES string of the molecule is O=C(Nc1ccccc1Cl)c1ccccn1. The van der Waals surface area contributed by atoms with Crippen molar-refractivity contribution in [3.05, 3.63) is 59.4 Å². The molecule has 1 aromatic carbocycles. The minimum Gasteiger partial charge on any atom is -0.319 e. The van der Waals surface area contributed by atoms with Gasteiger partial charge in [-0.2, -0.15) is 0 Å². The summed E-state index contributed by atoms with van der Waals surface area (Å²) in [7, 11) is 0. The second-order valence-corrected chi connectivity index (χ2v) is 3.56. The standard InChI is InChI=1S/C12H9ClN2O/c13-9-5-1-2-6-10(9)15-12(16)11-7-3-4-8-14-11/h1-8H,(H,15,16). The van der Waals surface area contributed by atoms with Crippen LogP contribution in [0.25, 0.3) is 0 Å². The zero-order valence-electron chi connectivity index (χ0n) is 8.35. The zero-order chi connectivity index (χ0) is 11.4. The van der Waals surface area contributed by atoms with Gasteiger partial charge in [-0.05, 0) is 24.3 Å². The van der Waals surface area contributed by atoms with Crippen molar-refractivity contribution in [3.63, 3.8) is 0 Å². The lowest BCUT2D eigenvalue weighted by molar-refractivity contribution is 0.102. The molecule has 0 saturated carbocycles. The topological polar surface area (TPSA) is 42.0 Å². The Morgan fingerprint density at radius 2 is 1.88 bits per heavy atom. The van der Waals surface area contributed by atoms with E-state index in [1.807, 2.05) is 0 Å². The fourth-order valence-electron chi connectivity index (χ4n) is 1.25. The predicted octanol–water partition coefficient (Wildman–Crippen LogP) is 2.99. The van der Waals surface area contributed by atoms with E-state index in [1.165, 1.54) is 0 Å². The number of pyridine rings is 1. The van der Waals surface area contributed by atoms with E-state index in [9.17, 15) is 4.79 Å². The molecule has 0 saturated heterocycles. The first kappa shape index (κ1) is 10.6. The monoisotopic (exact) mass is 232 g/mol. The van der Waals surface area contributed by atoms with Gasteiger partial charge >= 0.3 is 0 Å². The molecule has 4 heteroatoms. The highest BCUT2D eigenvalue weighted by Gasteiger charge is 2.07. The molecule has 1 aromatic heterocycles. The number of nitrogens with zero attached hydrogens (tertiary/aromatic N) is 1. The molecule has 2 rings (SSSR count). The number of rotatable bonds is 2. The van der Waals surface area contributed by atoms with Crippen LogP contribution in [0.3, 0.4) is 0 Å². The first-order valence-electron chi connectivity index (χ1n) is 4.74. The molecule has 0 fully saturated rings. The first-order valence-corrected chi connectivity index (χ1v) is 5.12. The summed E-state index contributed by atoms with van der Waals surface area (Å²) >= 11 is 5.92. The van der Waals surface area contributed by atoms with Gasteiger partial charge in [0.2, 0.25) is 0 Å². The summed E-state index contributed by atoms with van der Waals surface area (Å²) in [4.78, 5) is 15.7. The lowest BCUT2D eigenvalue weighted by Crippen LogP contribution is -2.13. The normalized spacial score (nSPS) is 9.81. The van der Waals surface area contributed by atoms with Crippen molar-refractivity contribution < 1.29 is 4.79 Å². The van der Waals surface area contributed by atoms with Crippen molar-refractivity contribution in [2.75, 3.05) is 5.32 Å². The Kier molecular flexibility index (Phi) is 3.17. The van der Waals surface area contributed by atoms with E-state index >= 15 is 0 Å². The second kappa shape index (κ2) is 4.77. The number of hydrogen-bond donors (Lipinski definition) is 1. The molecule has 16 heavy (non-hydrogen) atoms. The van der Waals surface area contributed by atoms with E-state index in [1.54, 1.807) is 48.7 Å². The average molecular weight is 233 g/mol. The highest BCUT2D eigenvalue weighted by atomic mass is 35.5. The Bertz CT molecular complexity index is 499. The van der Waals surface area contributed by atoms with E-state index < -0.39 is 0 Å². The molecule has 0 atom stereocenters. The van der Waals surface area contributed by atoms with Crippen LogP contribution in [0.4, 0.5) is 5.69 Å². The summed E-state index contributed by atoms with van der Waals surface area (Å²) in [5.74, 6) is -0.270. The Labute approximate surface area is 98.1 Å². The molecule has 0 unspecified atom stereocenters. The molecular weight excluding hydrogens is 224 g/mol. The van der Waals surface area contributed by atoms with Crippen LogP contribution in [0.5, 0.6) is 0 Å². The third kappa shape index (κ3) is 2.38. The average Bonchev–Trinajstić information content (AvgIpc) is 2.33. The van der Waals surface area contributed by atoms with Crippen LogP contribution in [0.1, 0.15) is 10.5 Å². The molecule has 1 N–H and O–H groups in total. The maximum atomic E-state index is 11.7. The minimum absolute atomic E-state index is 0.270. The third-order valence-corrected chi connectivity index (χ3v) is 2.35. The zero-order valence-corrected chi connectivity index (χ0v) is 9.11. The number of benzene rings is 1. The van der Waals surface area contributed by atoms with Crippen LogP contribution in [0.15, 0.2) is 48.7 Å². The number of carbonyl (C=O) groups excluding carboxylic acids is 1. The summed E-state index contributed by atoms with van der Waals surface area (Å²) in [6, 6.07) is 12.2. The highest BCUT2D eigenvalue weighted by Crippen LogP contribution is 2.20. The van der Waals surface area contributed by atoms with E-state index in [-0.39, 0.29) is 5.91 Å². The van der Waals surface area contributed by atoms with Gasteiger partial charge in [0, 0.05) is 6.20 Å². The lowest BCUT2D eigenvalue weighted by atomic mass is 10.3. The summed E-state index contributed by atoms with van der Waals surface area (Å²) in [5.41, 5.74) is 0.947. The number of carbonyl (C=O) groups is 1. The van der Waals surface area contributed by atoms with Crippen LogP contribution in [-0.2, 0) is 0 Å². The van der Waals surface area contributed by atoms with Crippen LogP contribution in [-0.4, -0.2) is 10.9 Å². The van der Waals surface area contributed by atoms with Crippen LogP contribution >= 0.6 is 11.6 Å². The van der Waals surface area contributed by atoms with Gasteiger partial charge in [-0.1, -0.05) is 29.8 Å². The number of anilines is 1. The number of hydrogen-bond acceptors (Lipinski definition) is 2. The highest BCUT2D eigenvalue weighted by molar-refractivity contribution is 6.33. The molecule has 0 aliphatic rings. The largest absolute Gasteiger partial charge is 0.319 e. The predicted molar refractivity (Wildman–Crippen MR) is 63.6 cm³/mol.